The highest BCUT2D eigenvalue weighted by molar-refractivity contribution is 7.16. The Labute approximate surface area is 148 Å². The minimum absolute atomic E-state index is 0.144. The second-order valence-electron chi connectivity index (χ2n) is 6.00. The van der Waals surface area contributed by atoms with Gasteiger partial charge in [0.1, 0.15) is 5.82 Å². The minimum Gasteiger partial charge on any atom is -0.364 e. The third-order valence-electron chi connectivity index (χ3n) is 4.27. The number of anilines is 3. The van der Waals surface area contributed by atoms with Crippen molar-refractivity contribution in [2.75, 3.05) is 23.3 Å². The van der Waals surface area contributed by atoms with E-state index in [1.54, 1.807) is 23.0 Å². The van der Waals surface area contributed by atoms with Crippen LogP contribution in [0.1, 0.15) is 29.8 Å². The first-order chi connectivity index (χ1) is 12.2. The molecule has 0 saturated carbocycles. The quantitative estimate of drug-likeness (QED) is 0.748. The Hall–Kier alpha value is -2.74. The number of fused-ring (bicyclic) bond motifs is 1. The van der Waals surface area contributed by atoms with Crippen molar-refractivity contribution in [1.29, 1.82) is 0 Å². The van der Waals surface area contributed by atoms with Crippen LogP contribution in [-0.4, -0.2) is 33.9 Å². The van der Waals surface area contributed by atoms with Crippen LogP contribution in [0.2, 0.25) is 0 Å². The number of hydrogen-bond acceptors (Lipinski definition) is 7. The molecule has 4 rings (SSSR count). The number of thiazole rings is 1. The van der Waals surface area contributed by atoms with E-state index in [1.165, 1.54) is 6.42 Å². The largest absolute Gasteiger partial charge is 0.364 e. The molecule has 1 aliphatic heterocycles. The van der Waals surface area contributed by atoms with E-state index in [-0.39, 0.29) is 5.69 Å². The van der Waals surface area contributed by atoms with Crippen LogP contribution in [0, 0.1) is 0 Å². The van der Waals surface area contributed by atoms with Crippen molar-refractivity contribution in [2.24, 2.45) is 5.73 Å². The summed E-state index contributed by atoms with van der Waals surface area (Å²) in [6.45, 7) is 1.91. The smallest absolute Gasteiger partial charge is 0.271 e. The maximum atomic E-state index is 11.7. The number of nitrogens with one attached hydrogen (secondary N) is 1. The van der Waals surface area contributed by atoms with Crippen molar-refractivity contribution in [3.63, 3.8) is 0 Å². The molecule has 25 heavy (non-hydrogen) atoms. The van der Waals surface area contributed by atoms with Gasteiger partial charge in [0.05, 0.1) is 21.9 Å². The lowest BCUT2D eigenvalue weighted by atomic mass is 10.1. The molecule has 7 nitrogen and oxygen atoms in total. The molecule has 1 aliphatic rings. The summed E-state index contributed by atoms with van der Waals surface area (Å²) in [6.07, 6.45) is 5.15. The van der Waals surface area contributed by atoms with Crippen molar-refractivity contribution in [1.82, 2.24) is 15.0 Å². The number of nitrogens with zero attached hydrogens (tertiary/aromatic N) is 4. The average molecular weight is 354 g/mol. The highest BCUT2D eigenvalue weighted by atomic mass is 32.1. The van der Waals surface area contributed by atoms with E-state index in [2.05, 4.69) is 25.2 Å². The number of carbonyl (C=O) groups is 1. The van der Waals surface area contributed by atoms with Crippen molar-refractivity contribution >= 4 is 44.8 Å². The van der Waals surface area contributed by atoms with Crippen LogP contribution < -0.4 is 16.0 Å². The van der Waals surface area contributed by atoms with Gasteiger partial charge in [0, 0.05) is 18.8 Å². The molecule has 1 aromatic carbocycles. The summed E-state index contributed by atoms with van der Waals surface area (Å²) in [6, 6.07) is 5.81. The van der Waals surface area contributed by atoms with E-state index in [0.717, 1.165) is 47.7 Å². The highest BCUT2D eigenvalue weighted by Gasteiger charge is 2.18. The lowest BCUT2D eigenvalue weighted by Gasteiger charge is -2.27. The molecular weight excluding hydrogens is 336 g/mol. The van der Waals surface area contributed by atoms with Gasteiger partial charge in [-0.2, -0.15) is 0 Å². The molecule has 1 saturated heterocycles. The SMILES string of the molecule is NC(=O)c1ncc(N2CCCCC2)nc1Nc1ccc2ncsc2c1. The van der Waals surface area contributed by atoms with E-state index in [0.29, 0.717) is 5.82 Å². The zero-order valence-electron chi connectivity index (χ0n) is 13.6. The molecule has 3 aromatic rings. The van der Waals surface area contributed by atoms with Crippen molar-refractivity contribution in [2.45, 2.75) is 19.3 Å². The number of amides is 1. The van der Waals surface area contributed by atoms with Gasteiger partial charge in [-0.15, -0.1) is 11.3 Å². The molecule has 3 heterocycles. The van der Waals surface area contributed by atoms with Gasteiger partial charge in [-0.05, 0) is 37.5 Å². The van der Waals surface area contributed by atoms with Gasteiger partial charge in [0.2, 0.25) is 0 Å². The van der Waals surface area contributed by atoms with Crippen molar-refractivity contribution < 1.29 is 4.79 Å². The maximum absolute atomic E-state index is 11.7. The van der Waals surface area contributed by atoms with E-state index >= 15 is 0 Å². The molecule has 1 fully saturated rings. The first-order valence-electron chi connectivity index (χ1n) is 8.23. The first kappa shape index (κ1) is 15.8. The van der Waals surface area contributed by atoms with E-state index in [1.807, 2.05) is 18.2 Å². The molecule has 2 aromatic heterocycles. The number of carbonyl (C=O) groups excluding carboxylic acids is 1. The number of rotatable bonds is 4. The van der Waals surface area contributed by atoms with Gasteiger partial charge in [-0.3, -0.25) is 4.79 Å². The normalized spacial score (nSPS) is 14.6. The fourth-order valence-electron chi connectivity index (χ4n) is 2.99. The lowest BCUT2D eigenvalue weighted by molar-refractivity contribution is 0.0996. The molecule has 0 bridgehead atoms. The Morgan fingerprint density at radius 3 is 2.84 bits per heavy atom. The zero-order valence-corrected chi connectivity index (χ0v) is 14.4. The van der Waals surface area contributed by atoms with Crippen LogP contribution in [0.3, 0.4) is 0 Å². The Bertz CT molecular complexity index is 918. The summed E-state index contributed by atoms with van der Waals surface area (Å²) in [4.78, 5) is 27.1. The lowest BCUT2D eigenvalue weighted by Crippen LogP contribution is -2.30. The second-order valence-corrected chi connectivity index (χ2v) is 6.88. The van der Waals surface area contributed by atoms with Gasteiger partial charge < -0.3 is 16.0 Å². The Kier molecular flexibility index (Phi) is 4.19. The molecule has 3 N–H and O–H groups in total. The fraction of sp³-hybridized carbons (Fsp3) is 0.294. The standard InChI is InChI=1S/C17H18N6OS/c18-16(24)15-17(21-11-4-5-12-13(8-11)25-10-20-12)22-14(9-19-15)23-6-2-1-3-7-23/h4-5,8-10H,1-3,6-7H2,(H2,18,24)(H,21,22). The topological polar surface area (TPSA) is 97.0 Å². The molecule has 8 heteroatoms. The van der Waals surface area contributed by atoms with Crippen molar-refractivity contribution in [3.8, 4) is 0 Å². The van der Waals surface area contributed by atoms with Crippen LogP contribution in [0.5, 0.6) is 0 Å². The molecule has 0 atom stereocenters. The summed E-state index contributed by atoms with van der Waals surface area (Å²) in [7, 11) is 0. The number of benzene rings is 1. The zero-order chi connectivity index (χ0) is 17.2. The van der Waals surface area contributed by atoms with Gasteiger partial charge in [0.15, 0.2) is 11.5 Å². The fourth-order valence-corrected chi connectivity index (χ4v) is 3.71. The molecule has 128 valence electrons. The summed E-state index contributed by atoms with van der Waals surface area (Å²) in [5.74, 6) is 0.560. The van der Waals surface area contributed by atoms with E-state index in [9.17, 15) is 4.79 Å². The van der Waals surface area contributed by atoms with Crippen molar-refractivity contribution in [3.05, 3.63) is 35.6 Å². The number of aromatic nitrogens is 3. The molecule has 0 radical (unpaired) electrons. The highest BCUT2D eigenvalue weighted by Crippen LogP contribution is 2.26. The van der Waals surface area contributed by atoms with Gasteiger partial charge in [-0.25, -0.2) is 15.0 Å². The average Bonchev–Trinajstić information content (AvgIpc) is 3.10. The molecule has 0 aliphatic carbocycles. The van der Waals surface area contributed by atoms with Gasteiger partial charge in [-0.1, -0.05) is 0 Å². The molecule has 0 unspecified atom stereocenters. The molecular formula is C17H18N6OS. The third-order valence-corrected chi connectivity index (χ3v) is 5.06. The third kappa shape index (κ3) is 3.25. The predicted octanol–water partition coefficient (Wildman–Crippen LogP) is 2.92. The van der Waals surface area contributed by atoms with Gasteiger partial charge >= 0.3 is 0 Å². The number of piperidine rings is 1. The first-order valence-corrected chi connectivity index (χ1v) is 9.11. The van der Waals surface area contributed by atoms with Crippen LogP contribution in [-0.2, 0) is 0 Å². The van der Waals surface area contributed by atoms with Gasteiger partial charge in [0.25, 0.3) is 5.91 Å². The second kappa shape index (κ2) is 6.64. The Morgan fingerprint density at radius 2 is 2.04 bits per heavy atom. The Morgan fingerprint density at radius 1 is 1.20 bits per heavy atom. The summed E-state index contributed by atoms with van der Waals surface area (Å²) in [5, 5.41) is 3.19. The van der Waals surface area contributed by atoms with Crippen LogP contribution >= 0.6 is 11.3 Å². The maximum Gasteiger partial charge on any atom is 0.271 e. The summed E-state index contributed by atoms with van der Waals surface area (Å²) >= 11 is 1.56. The van der Waals surface area contributed by atoms with Crippen LogP contribution in [0.4, 0.5) is 17.3 Å². The molecule has 0 spiro atoms. The van der Waals surface area contributed by atoms with E-state index in [4.69, 9.17) is 5.73 Å². The van der Waals surface area contributed by atoms with Crippen LogP contribution in [0.25, 0.3) is 10.2 Å². The number of nitrogens with two attached hydrogens (primary N) is 1. The summed E-state index contributed by atoms with van der Waals surface area (Å²) in [5.41, 5.74) is 9.18. The summed E-state index contributed by atoms with van der Waals surface area (Å²) < 4.78 is 1.06. The van der Waals surface area contributed by atoms with E-state index < -0.39 is 5.91 Å². The Balaban J connectivity index is 1.68. The molecule has 1 amide bonds. The monoisotopic (exact) mass is 354 g/mol. The predicted molar refractivity (Wildman–Crippen MR) is 99.5 cm³/mol. The minimum atomic E-state index is -0.598. The number of hydrogen-bond donors (Lipinski definition) is 2. The number of primary amides is 1. The van der Waals surface area contributed by atoms with Crippen LogP contribution in [0.15, 0.2) is 29.9 Å².